The van der Waals surface area contributed by atoms with Crippen LogP contribution in [0, 0.1) is 5.92 Å². The first kappa shape index (κ1) is 24.2. The highest BCUT2D eigenvalue weighted by molar-refractivity contribution is 5.87. The van der Waals surface area contributed by atoms with E-state index in [1.807, 2.05) is 20.8 Å². The fourth-order valence-corrected chi connectivity index (χ4v) is 4.01. The Labute approximate surface area is 179 Å². The minimum atomic E-state index is -1.24. The second-order valence-corrected chi connectivity index (χ2v) is 9.03. The molecule has 0 aliphatic carbocycles. The summed E-state index contributed by atoms with van der Waals surface area (Å²) in [4.78, 5) is 25.7. The predicted octanol–water partition coefficient (Wildman–Crippen LogP) is 4.04. The maximum Gasteiger partial charge on any atom is 0.410 e. The highest BCUT2D eigenvalue weighted by Crippen LogP contribution is 2.40. The van der Waals surface area contributed by atoms with Crippen molar-refractivity contribution in [1.82, 2.24) is 4.90 Å². The molecule has 0 spiro atoms. The van der Waals surface area contributed by atoms with Crippen molar-refractivity contribution >= 4 is 12.1 Å². The van der Waals surface area contributed by atoms with Gasteiger partial charge < -0.3 is 24.6 Å². The minimum Gasteiger partial charge on any atom is -0.478 e. The molecule has 1 fully saturated rings. The van der Waals surface area contributed by atoms with Gasteiger partial charge in [0.15, 0.2) is 0 Å². The summed E-state index contributed by atoms with van der Waals surface area (Å²) in [5, 5.41) is 21.2. The molecule has 0 unspecified atom stereocenters. The molecule has 0 aromatic heterocycles. The largest absolute Gasteiger partial charge is 0.478 e. The van der Waals surface area contributed by atoms with Crippen LogP contribution in [0.15, 0.2) is 24.3 Å². The number of amides is 1. The van der Waals surface area contributed by atoms with Gasteiger partial charge in [0, 0.05) is 32.7 Å². The summed E-state index contributed by atoms with van der Waals surface area (Å²) in [6.45, 7) is 7.04. The Kier molecular flexibility index (Phi) is 8.26. The molecule has 30 heavy (non-hydrogen) atoms. The lowest BCUT2D eigenvalue weighted by Gasteiger charge is -2.43. The van der Waals surface area contributed by atoms with E-state index in [1.165, 1.54) is 6.07 Å². The maximum absolute atomic E-state index is 12.6. The summed E-state index contributed by atoms with van der Waals surface area (Å²) in [6, 6.07) is 6.50. The Morgan fingerprint density at radius 3 is 2.60 bits per heavy atom. The molecule has 2 rings (SSSR count). The Hall–Kier alpha value is -2.12. The number of carbonyl (C=O) groups is 2. The predicted molar refractivity (Wildman–Crippen MR) is 114 cm³/mol. The van der Waals surface area contributed by atoms with Crippen molar-refractivity contribution in [1.29, 1.82) is 0 Å². The number of hydrogen-bond acceptors (Lipinski definition) is 5. The number of rotatable bonds is 8. The normalized spacial score (nSPS) is 19.2. The number of aromatic carboxylic acids is 1. The lowest BCUT2D eigenvalue weighted by atomic mass is 9.74. The molecule has 2 atom stereocenters. The fourth-order valence-electron chi connectivity index (χ4n) is 4.01. The monoisotopic (exact) mass is 421 g/mol. The van der Waals surface area contributed by atoms with Gasteiger partial charge in [0.2, 0.25) is 0 Å². The van der Waals surface area contributed by atoms with Gasteiger partial charge in [0.1, 0.15) is 5.60 Å². The molecular formula is C23H35NO6. The Morgan fingerprint density at radius 1 is 1.23 bits per heavy atom. The number of carboxylic acid groups (broad SMARTS) is 1. The Morgan fingerprint density at radius 2 is 1.97 bits per heavy atom. The van der Waals surface area contributed by atoms with Crippen molar-refractivity contribution in [2.75, 3.05) is 26.8 Å². The molecule has 1 aromatic rings. The van der Waals surface area contributed by atoms with Crippen LogP contribution in [-0.4, -0.2) is 59.6 Å². The van der Waals surface area contributed by atoms with Gasteiger partial charge in [-0.05, 0) is 70.6 Å². The van der Waals surface area contributed by atoms with Crippen LogP contribution >= 0.6 is 0 Å². The van der Waals surface area contributed by atoms with E-state index in [1.54, 1.807) is 30.2 Å². The van der Waals surface area contributed by atoms with Crippen LogP contribution in [0.2, 0.25) is 0 Å². The van der Waals surface area contributed by atoms with Crippen LogP contribution in [0.1, 0.15) is 68.8 Å². The van der Waals surface area contributed by atoms with E-state index >= 15 is 0 Å². The molecule has 7 nitrogen and oxygen atoms in total. The molecule has 1 aromatic carbocycles. The number of hydrogen-bond donors (Lipinski definition) is 2. The van der Waals surface area contributed by atoms with Crippen molar-refractivity contribution < 1.29 is 29.3 Å². The van der Waals surface area contributed by atoms with Crippen LogP contribution < -0.4 is 0 Å². The van der Waals surface area contributed by atoms with Crippen LogP contribution in [0.4, 0.5) is 4.79 Å². The zero-order chi connectivity index (χ0) is 22.4. The number of piperidine rings is 1. The molecule has 7 heteroatoms. The second kappa shape index (κ2) is 10.3. The van der Waals surface area contributed by atoms with Gasteiger partial charge in [0.05, 0.1) is 11.2 Å². The van der Waals surface area contributed by atoms with E-state index < -0.39 is 17.2 Å². The highest BCUT2D eigenvalue weighted by atomic mass is 16.6. The molecular weight excluding hydrogens is 386 g/mol. The quantitative estimate of drug-likeness (QED) is 0.615. The number of nitrogens with zero attached hydrogens (tertiary/aromatic N) is 1. The van der Waals surface area contributed by atoms with Crippen LogP contribution in [0.25, 0.3) is 0 Å². The van der Waals surface area contributed by atoms with Gasteiger partial charge in [-0.25, -0.2) is 9.59 Å². The summed E-state index contributed by atoms with van der Waals surface area (Å²) < 4.78 is 10.6. The van der Waals surface area contributed by atoms with Gasteiger partial charge >= 0.3 is 12.1 Å². The maximum atomic E-state index is 12.6. The van der Waals surface area contributed by atoms with E-state index in [0.717, 1.165) is 25.7 Å². The molecule has 1 heterocycles. The highest BCUT2D eigenvalue weighted by Gasteiger charge is 2.42. The van der Waals surface area contributed by atoms with Gasteiger partial charge in [0.25, 0.3) is 0 Å². The summed E-state index contributed by atoms with van der Waals surface area (Å²) in [6.07, 6.45) is 3.10. The number of aliphatic hydroxyl groups is 1. The molecule has 168 valence electrons. The average molecular weight is 422 g/mol. The molecule has 0 radical (unpaired) electrons. The topological polar surface area (TPSA) is 96.3 Å². The SMILES string of the molecule is COCCCC[C@](O)(c1cccc(C(=O)O)c1)[C@@H]1CCCN(C(=O)OC(C)(C)C)C1. The van der Waals surface area contributed by atoms with Crippen LogP contribution in [0.5, 0.6) is 0 Å². The summed E-state index contributed by atoms with van der Waals surface area (Å²) >= 11 is 0. The van der Waals surface area contributed by atoms with Gasteiger partial charge in [-0.2, -0.15) is 0 Å². The van der Waals surface area contributed by atoms with Gasteiger partial charge in [-0.1, -0.05) is 12.1 Å². The van der Waals surface area contributed by atoms with Crippen LogP contribution in [0.3, 0.4) is 0 Å². The van der Waals surface area contributed by atoms with E-state index in [2.05, 4.69) is 0 Å². The minimum absolute atomic E-state index is 0.141. The molecule has 1 aliphatic rings. The number of carboxylic acids is 1. The number of carbonyl (C=O) groups excluding carboxylic acids is 1. The van der Waals surface area contributed by atoms with Crippen LogP contribution in [-0.2, 0) is 15.1 Å². The number of methoxy groups -OCH3 is 1. The van der Waals surface area contributed by atoms with Crippen molar-refractivity contribution in [2.24, 2.45) is 5.92 Å². The van der Waals surface area contributed by atoms with E-state index in [9.17, 15) is 19.8 Å². The van der Waals surface area contributed by atoms with Crippen molar-refractivity contribution in [3.05, 3.63) is 35.4 Å². The lowest BCUT2D eigenvalue weighted by molar-refractivity contribution is -0.0642. The lowest BCUT2D eigenvalue weighted by Crippen LogP contribution is -2.49. The van der Waals surface area contributed by atoms with Crippen molar-refractivity contribution in [2.45, 2.75) is 64.1 Å². The zero-order valence-corrected chi connectivity index (χ0v) is 18.5. The summed E-state index contributed by atoms with van der Waals surface area (Å²) in [5.74, 6) is -1.25. The third-order valence-electron chi connectivity index (χ3n) is 5.51. The van der Waals surface area contributed by atoms with E-state index in [-0.39, 0.29) is 17.6 Å². The number of unbranched alkanes of at least 4 members (excludes halogenated alkanes) is 1. The van der Waals surface area contributed by atoms with Gasteiger partial charge in [-0.15, -0.1) is 0 Å². The molecule has 1 saturated heterocycles. The first-order valence-corrected chi connectivity index (χ1v) is 10.6. The molecule has 1 amide bonds. The third kappa shape index (κ3) is 6.44. The summed E-state index contributed by atoms with van der Waals surface area (Å²) in [7, 11) is 1.64. The van der Waals surface area contributed by atoms with E-state index in [4.69, 9.17) is 9.47 Å². The third-order valence-corrected chi connectivity index (χ3v) is 5.51. The van der Waals surface area contributed by atoms with Crippen molar-refractivity contribution in [3.63, 3.8) is 0 Å². The smallest absolute Gasteiger partial charge is 0.410 e. The Balaban J connectivity index is 2.28. The van der Waals surface area contributed by atoms with Gasteiger partial charge in [-0.3, -0.25) is 0 Å². The standard InChI is InChI=1S/C23H35NO6/c1-22(2,3)30-21(27)24-13-8-11-19(16-24)23(28,12-5-6-14-29-4)18-10-7-9-17(15-18)20(25)26/h7,9-10,15,19,28H,5-6,8,11-14,16H2,1-4H3,(H,25,26)/t19-,23+/m1/s1. The van der Waals surface area contributed by atoms with Crippen molar-refractivity contribution in [3.8, 4) is 0 Å². The first-order valence-electron chi connectivity index (χ1n) is 10.6. The first-order chi connectivity index (χ1) is 14.1. The summed E-state index contributed by atoms with van der Waals surface area (Å²) in [5.41, 5.74) is -1.10. The molecule has 2 N–H and O–H groups in total. The fraction of sp³-hybridized carbons (Fsp3) is 0.652. The second-order valence-electron chi connectivity index (χ2n) is 9.03. The molecule has 0 saturated carbocycles. The Bertz CT molecular complexity index is 729. The average Bonchev–Trinajstić information content (AvgIpc) is 2.70. The van der Waals surface area contributed by atoms with E-state index in [0.29, 0.717) is 31.7 Å². The number of likely N-dealkylation sites (tertiary alicyclic amines) is 1. The number of benzene rings is 1. The molecule has 0 bridgehead atoms. The number of ether oxygens (including phenoxy) is 2. The zero-order valence-electron chi connectivity index (χ0n) is 18.5. The molecule has 1 aliphatic heterocycles.